The molecule has 3 N–H and O–H groups in total. The molecular formula is C23H27F3N4O5. The number of carbonyl (C=O) groups excluding carboxylic acids is 2. The molecule has 1 saturated carbocycles. The number of hydrogen-bond donors (Lipinski definition) is 3. The molecule has 1 aromatic carbocycles. The molecule has 12 heteroatoms. The summed E-state index contributed by atoms with van der Waals surface area (Å²) in [6.07, 6.45) is -2.59. The number of amides is 2. The van der Waals surface area contributed by atoms with Crippen LogP contribution >= 0.6 is 0 Å². The number of alkyl halides is 3. The third-order valence-electron chi connectivity index (χ3n) is 6.47. The standard InChI is InChI=1S/C21H26N4O3.C2HF3O2/c1-22-19(26)18-10-28-21(11-24(18)9-14-6-7-14)12-25(13-21)20(27)17-8-15-4-2-3-5-16(15)23-17;3-2(4,5)1(6)7/h2-5,8,14,18,23H,6-7,9-13H2,1H3,(H,22,26);(H,6,7). The molecule has 3 aliphatic rings. The van der Waals surface area contributed by atoms with Gasteiger partial charge >= 0.3 is 12.1 Å². The zero-order valence-corrected chi connectivity index (χ0v) is 19.1. The summed E-state index contributed by atoms with van der Waals surface area (Å²) in [4.78, 5) is 41.3. The Hall–Kier alpha value is -3.12. The number of para-hydroxylation sites is 1. The van der Waals surface area contributed by atoms with Crippen molar-refractivity contribution < 1.29 is 37.4 Å². The Labute approximate surface area is 199 Å². The highest BCUT2D eigenvalue weighted by molar-refractivity contribution is 5.98. The van der Waals surface area contributed by atoms with Crippen LogP contribution in [-0.2, 0) is 14.3 Å². The first kappa shape index (κ1) is 25.0. The Morgan fingerprint density at radius 2 is 1.86 bits per heavy atom. The van der Waals surface area contributed by atoms with Crippen molar-refractivity contribution in [3.63, 3.8) is 0 Å². The number of carboxylic acids is 1. The number of carbonyl (C=O) groups is 3. The molecule has 35 heavy (non-hydrogen) atoms. The Morgan fingerprint density at radius 1 is 1.20 bits per heavy atom. The van der Waals surface area contributed by atoms with Gasteiger partial charge < -0.3 is 25.0 Å². The highest BCUT2D eigenvalue weighted by atomic mass is 19.4. The number of carboxylic acid groups (broad SMARTS) is 1. The van der Waals surface area contributed by atoms with Gasteiger partial charge in [0.25, 0.3) is 5.91 Å². The molecule has 1 aliphatic carbocycles. The molecule has 5 rings (SSSR count). The second-order valence-electron chi connectivity index (χ2n) is 9.23. The van der Waals surface area contributed by atoms with Crippen molar-refractivity contribution in [3.05, 3.63) is 36.0 Å². The van der Waals surface area contributed by atoms with Gasteiger partial charge in [-0.1, -0.05) is 18.2 Å². The van der Waals surface area contributed by atoms with E-state index in [0.717, 1.165) is 17.4 Å². The van der Waals surface area contributed by atoms with E-state index in [-0.39, 0.29) is 23.5 Å². The van der Waals surface area contributed by atoms with E-state index >= 15 is 0 Å². The van der Waals surface area contributed by atoms with Crippen molar-refractivity contribution >= 4 is 28.7 Å². The number of likely N-dealkylation sites (tertiary alicyclic amines) is 1. The number of benzene rings is 1. The molecule has 3 heterocycles. The Morgan fingerprint density at radius 3 is 2.43 bits per heavy atom. The van der Waals surface area contributed by atoms with Gasteiger partial charge in [-0.25, -0.2) is 4.79 Å². The first-order valence-corrected chi connectivity index (χ1v) is 11.3. The van der Waals surface area contributed by atoms with Crippen LogP contribution in [0.5, 0.6) is 0 Å². The first-order chi connectivity index (χ1) is 16.5. The Balaban J connectivity index is 0.000000364. The molecular weight excluding hydrogens is 469 g/mol. The number of aliphatic carboxylic acids is 1. The molecule has 1 spiro atoms. The third kappa shape index (κ3) is 5.59. The van der Waals surface area contributed by atoms with Crippen molar-refractivity contribution in [2.75, 3.05) is 39.8 Å². The maximum atomic E-state index is 12.9. The van der Waals surface area contributed by atoms with Gasteiger partial charge in [-0.05, 0) is 30.9 Å². The SMILES string of the molecule is CNC(=O)C1COC2(CN(C(=O)c3cc4ccccc4[nH]3)C2)CN1CC1CC1.O=C(O)C(F)(F)F. The van der Waals surface area contributed by atoms with Crippen LogP contribution < -0.4 is 5.32 Å². The van der Waals surface area contributed by atoms with E-state index in [2.05, 4.69) is 15.2 Å². The van der Waals surface area contributed by atoms with Gasteiger partial charge in [0.1, 0.15) is 17.3 Å². The van der Waals surface area contributed by atoms with Gasteiger partial charge in [0.15, 0.2) is 0 Å². The molecule has 1 unspecified atom stereocenters. The normalized spacial score (nSPS) is 21.7. The molecule has 1 aromatic heterocycles. The van der Waals surface area contributed by atoms with E-state index in [1.54, 1.807) is 7.05 Å². The maximum Gasteiger partial charge on any atom is 0.490 e. The van der Waals surface area contributed by atoms with Gasteiger partial charge in [0.05, 0.1) is 19.7 Å². The largest absolute Gasteiger partial charge is 0.490 e. The highest BCUT2D eigenvalue weighted by Gasteiger charge is 2.52. The first-order valence-electron chi connectivity index (χ1n) is 11.3. The minimum absolute atomic E-state index is 0.00703. The summed E-state index contributed by atoms with van der Waals surface area (Å²) in [7, 11) is 1.67. The van der Waals surface area contributed by atoms with Gasteiger partial charge in [0.2, 0.25) is 5.91 Å². The lowest BCUT2D eigenvalue weighted by atomic mass is 9.89. The van der Waals surface area contributed by atoms with Crippen LogP contribution in [0.4, 0.5) is 13.2 Å². The van der Waals surface area contributed by atoms with E-state index in [0.29, 0.717) is 37.9 Å². The quantitative estimate of drug-likeness (QED) is 0.595. The number of likely N-dealkylation sites (N-methyl/N-ethyl adjacent to an activating group) is 1. The zero-order valence-electron chi connectivity index (χ0n) is 19.1. The lowest BCUT2D eigenvalue weighted by molar-refractivity contribution is -0.192. The van der Waals surface area contributed by atoms with E-state index in [9.17, 15) is 22.8 Å². The minimum atomic E-state index is -5.08. The number of nitrogens with one attached hydrogen (secondary N) is 2. The van der Waals surface area contributed by atoms with Crippen molar-refractivity contribution in [1.82, 2.24) is 20.1 Å². The van der Waals surface area contributed by atoms with Crippen molar-refractivity contribution in [2.45, 2.75) is 30.7 Å². The Bertz CT molecular complexity index is 1080. The van der Waals surface area contributed by atoms with Crippen LogP contribution in [0, 0.1) is 5.92 Å². The molecule has 9 nitrogen and oxygen atoms in total. The number of nitrogens with zero attached hydrogens (tertiary/aromatic N) is 2. The Kier molecular flexibility index (Phi) is 6.78. The average molecular weight is 496 g/mol. The molecule has 2 aromatic rings. The molecule has 2 saturated heterocycles. The number of aromatic nitrogens is 1. The number of H-pyrrole nitrogens is 1. The summed E-state index contributed by atoms with van der Waals surface area (Å²) in [5.41, 5.74) is 1.24. The second-order valence-corrected chi connectivity index (χ2v) is 9.23. The number of ether oxygens (including phenoxy) is 1. The smallest absolute Gasteiger partial charge is 0.475 e. The molecule has 2 aliphatic heterocycles. The van der Waals surface area contributed by atoms with Crippen molar-refractivity contribution in [1.29, 1.82) is 0 Å². The van der Waals surface area contributed by atoms with Crippen LogP contribution in [0.25, 0.3) is 10.9 Å². The van der Waals surface area contributed by atoms with Crippen LogP contribution in [0.3, 0.4) is 0 Å². The summed E-state index contributed by atoms with van der Waals surface area (Å²) in [6, 6.07) is 9.58. The van der Waals surface area contributed by atoms with E-state index in [1.165, 1.54) is 12.8 Å². The number of morpholine rings is 1. The third-order valence-corrected chi connectivity index (χ3v) is 6.47. The number of halogens is 3. The fourth-order valence-corrected chi connectivity index (χ4v) is 4.46. The molecule has 3 fully saturated rings. The summed E-state index contributed by atoms with van der Waals surface area (Å²) in [5, 5.41) is 10.9. The average Bonchev–Trinajstić information content (AvgIpc) is 3.50. The van der Waals surface area contributed by atoms with Crippen molar-refractivity contribution in [3.8, 4) is 0 Å². The van der Waals surface area contributed by atoms with Crippen LogP contribution in [0.1, 0.15) is 23.3 Å². The monoisotopic (exact) mass is 496 g/mol. The van der Waals surface area contributed by atoms with Gasteiger partial charge in [-0.15, -0.1) is 0 Å². The number of fused-ring (bicyclic) bond motifs is 1. The van der Waals surface area contributed by atoms with Gasteiger partial charge in [0, 0.05) is 31.0 Å². The predicted molar refractivity (Wildman–Crippen MR) is 119 cm³/mol. The van der Waals surface area contributed by atoms with Crippen molar-refractivity contribution in [2.24, 2.45) is 5.92 Å². The lowest BCUT2D eigenvalue weighted by Gasteiger charge is -2.55. The molecule has 1 atom stereocenters. The maximum absolute atomic E-state index is 12.9. The van der Waals surface area contributed by atoms with Crippen LogP contribution in [0.2, 0.25) is 0 Å². The highest BCUT2D eigenvalue weighted by Crippen LogP contribution is 2.36. The summed E-state index contributed by atoms with van der Waals surface area (Å²) in [5.74, 6) is -2.03. The summed E-state index contributed by atoms with van der Waals surface area (Å²) < 4.78 is 37.9. The van der Waals surface area contributed by atoms with Gasteiger partial charge in [-0.3, -0.25) is 14.5 Å². The second kappa shape index (κ2) is 9.50. The fourth-order valence-electron chi connectivity index (χ4n) is 4.46. The molecule has 0 radical (unpaired) electrons. The molecule has 190 valence electrons. The predicted octanol–water partition coefficient (Wildman–Crippen LogP) is 1.85. The van der Waals surface area contributed by atoms with E-state index in [1.807, 2.05) is 35.2 Å². The van der Waals surface area contributed by atoms with Crippen LogP contribution in [-0.4, -0.2) is 95.3 Å². The summed E-state index contributed by atoms with van der Waals surface area (Å²) >= 11 is 0. The van der Waals surface area contributed by atoms with Crippen LogP contribution in [0.15, 0.2) is 30.3 Å². The fraction of sp³-hybridized carbons (Fsp3) is 0.522. The molecule has 2 amide bonds. The van der Waals surface area contributed by atoms with E-state index in [4.69, 9.17) is 14.6 Å². The number of rotatable bonds is 4. The number of aromatic amines is 1. The zero-order chi connectivity index (χ0) is 25.4. The lowest BCUT2D eigenvalue weighted by Crippen LogP contribution is -2.73. The topological polar surface area (TPSA) is 115 Å². The van der Waals surface area contributed by atoms with E-state index < -0.39 is 12.1 Å². The minimum Gasteiger partial charge on any atom is -0.475 e. The number of hydrogen-bond acceptors (Lipinski definition) is 5. The summed E-state index contributed by atoms with van der Waals surface area (Å²) in [6.45, 7) is 3.18. The molecule has 0 bridgehead atoms. The van der Waals surface area contributed by atoms with Gasteiger partial charge in [-0.2, -0.15) is 13.2 Å².